The molecule has 1 aliphatic rings. The predicted octanol–water partition coefficient (Wildman–Crippen LogP) is 4.55. The van der Waals surface area contributed by atoms with Gasteiger partial charge < -0.3 is 4.74 Å². The zero-order valence-electron chi connectivity index (χ0n) is 12.3. The Kier molecular flexibility index (Phi) is 2.55. The first-order chi connectivity index (χ1) is 10.1. The van der Waals surface area contributed by atoms with E-state index in [9.17, 15) is 0 Å². The molecule has 0 unspecified atom stereocenters. The smallest absolute Gasteiger partial charge is 0.216 e. The average molecular weight is 275 g/mol. The minimum Gasteiger partial charge on any atom is -0.475 e. The van der Waals surface area contributed by atoms with Crippen molar-refractivity contribution < 1.29 is 4.74 Å². The average Bonchev–Trinajstić information content (AvgIpc) is 2.84. The molecule has 0 aromatic heterocycles. The molecule has 3 aromatic carbocycles. The van der Waals surface area contributed by atoms with Crippen LogP contribution in [0.4, 0.5) is 0 Å². The summed E-state index contributed by atoms with van der Waals surface area (Å²) < 4.78 is 5.74. The highest BCUT2D eigenvalue weighted by molar-refractivity contribution is 6.03. The largest absolute Gasteiger partial charge is 0.475 e. The lowest BCUT2D eigenvalue weighted by Crippen LogP contribution is -2.17. The van der Waals surface area contributed by atoms with Gasteiger partial charge in [0.15, 0.2) is 0 Å². The zero-order valence-corrected chi connectivity index (χ0v) is 12.3. The van der Waals surface area contributed by atoms with Crippen molar-refractivity contribution in [2.75, 3.05) is 6.61 Å². The molecule has 0 bridgehead atoms. The molecule has 0 N–H and O–H groups in total. The summed E-state index contributed by atoms with van der Waals surface area (Å²) >= 11 is 0. The van der Waals surface area contributed by atoms with Gasteiger partial charge in [-0.15, -0.1) is 0 Å². The van der Waals surface area contributed by atoms with Crippen LogP contribution in [0.5, 0.6) is 0 Å². The molecule has 0 saturated carbocycles. The van der Waals surface area contributed by atoms with Crippen molar-refractivity contribution in [2.24, 2.45) is 4.99 Å². The topological polar surface area (TPSA) is 21.6 Å². The van der Waals surface area contributed by atoms with Gasteiger partial charge in [0.1, 0.15) is 6.61 Å². The maximum atomic E-state index is 5.74. The SMILES string of the molecule is CC1(C)COC(c2ccc3cc4ccccc4cc3c2)=N1. The molecule has 0 spiro atoms. The van der Waals surface area contributed by atoms with E-state index in [4.69, 9.17) is 4.74 Å². The summed E-state index contributed by atoms with van der Waals surface area (Å²) in [4.78, 5) is 4.65. The van der Waals surface area contributed by atoms with E-state index >= 15 is 0 Å². The van der Waals surface area contributed by atoms with Gasteiger partial charge in [0.05, 0.1) is 5.54 Å². The van der Waals surface area contributed by atoms with Crippen LogP contribution in [0.25, 0.3) is 21.5 Å². The fraction of sp³-hybridized carbons (Fsp3) is 0.211. The number of hydrogen-bond donors (Lipinski definition) is 0. The van der Waals surface area contributed by atoms with Gasteiger partial charge >= 0.3 is 0 Å². The van der Waals surface area contributed by atoms with E-state index in [1.54, 1.807) is 0 Å². The number of aliphatic imine (C=N–C) groups is 1. The third-order valence-electron chi connectivity index (χ3n) is 3.92. The molecule has 0 radical (unpaired) electrons. The summed E-state index contributed by atoms with van der Waals surface area (Å²) in [7, 11) is 0. The molecule has 1 aliphatic heterocycles. The number of hydrogen-bond acceptors (Lipinski definition) is 2. The van der Waals surface area contributed by atoms with Crippen molar-refractivity contribution in [3.8, 4) is 0 Å². The second-order valence-electron chi connectivity index (χ2n) is 6.28. The van der Waals surface area contributed by atoms with Crippen LogP contribution in [-0.4, -0.2) is 18.0 Å². The predicted molar refractivity (Wildman–Crippen MR) is 88.0 cm³/mol. The van der Waals surface area contributed by atoms with E-state index in [0.717, 1.165) is 11.5 Å². The molecule has 4 rings (SSSR count). The molecule has 0 atom stereocenters. The summed E-state index contributed by atoms with van der Waals surface area (Å²) in [5.41, 5.74) is 0.941. The summed E-state index contributed by atoms with van der Waals surface area (Å²) in [6.45, 7) is 4.83. The zero-order chi connectivity index (χ0) is 14.4. The number of ether oxygens (including phenoxy) is 1. The highest BCUT2D eigenvalue weighted by atomic mass is 16.5. The van der Waals surface area contributed by atoms with Crippen molar-refractivity contribution in [3.63, 3.8) is 0 Å². The summed E-state index contributed by atoms with van der Waals surface area (Å²) in [5, 5.41) is 5.00. The normalized spacial score (nSPS) is 17.0. The van der Waals surface area contributed by atoms with Crippen molar-refractivity contribution >= 4 is 27.4 Å². The molecule has 3 aromatic rings. The van der Waals surface area contributed by atoms with Crippen LogP contribution in [0.15, 0.2) is 59.6 Å². The van der Waals surface area contributed by atoms with Gasteiger partial charge in [-0.05, 0) is 59.7 Å². The van der Waals surface area contributed by atoms with Gasteiger partial charge in [-0.1, -0.05) is 30.3 Å². The number of benzene rings is 3. The summed E-state index contributed by atoms with van der Waals surface area (Å²) in [5.74, 6) is 0.759. The Labute approximate surface area is 124 Å². The first kappa shape index (κ1) is 12.4. The molecular formula is C19H17NO. The molecule has 2 nitrogen and oxygen atoms in total. The molecule has 21 heavy (non-hydrogen) atoms. The lowest BCUT2D eigenvalue weighted by atomic mass is 10.0. The maximum absolute atomic E-state index is 5.74. The molecule has 2 heteroatoms. The summed E-state index contributed by atoms with van der Waals surface area (Å²) in [6, 6.07) is 19.3. The quantitative estimate of drug-likeness (QED) is 0.597. The Bertz CT molecular complexity index is 877. The van der Waals surface area contributed by atoms with Crippen LogP contribution < -0.4 is 0 Å². The second-order valence-corrected chi connectivity index (χ2v) is 6.28. The van der Waals surface area contributed by atoms with E-state index in [1.165, 1.54) is 21.5 Å². The summed E-state index contributed by atoms with van der Waals surface area (Å²) in [6.07, 6.45) is 0. The van der Waals surface area contributed by atoms with Gasteiger partial charge in [0.25, 0.3) is 0 Å². The fourth-order valence-electron chi connectivity index (χ4n) is 2.81. The van der Waals surface area contributed by atoms with Crippen LogP contribution in [-0.2, 0) is 4.74 Å². The minimum absolute atomic E-state index is 0.117. The first-order valence-electron chi connectivity index (χ1n) is 7.26. The van der Waals surface area contributed by atoms with Gasteiger partial charge in [0.2, 0.25) is 5.90 Å². The fourth-order valence-corrected chi connectivity index (χ4v) is 2.81. The standard InChI is InChI=1S/C19H17NO/c1-19(2)12-21-18(20-19)16-8-7-15-9-13-5-3-4-6-14(13)10-17(15)11-16/h3-11H,12H2,1-2H3. The molecule has 104 valence electrons. The monoisotopic (exact) mass is 275 g/mol. The highest BCUT2D eigenvalue weighted by Gasteiger charge is 2.26. The lowest BCUT2D eigenvalue weighted by Gasteiger charge is -2.07. The molecule has 0 fully saturated rings. The highest BCUT2D eigenvalue weighted by Crippen LogP contribution is 2.26. The third kappa shape index (κ3) is 2.17. The Hall–Kier alpha value is -2.35. The first-order valence-corrected chi connectivity index (χ1v) is 7.26. The van der Waals surface area contributed by atoms with Crippen LogP contribution in [0.1, 0.15) is 19.4 Å². The van der Waals surface area contributed by atoms with E-state index in [0.29, 0.717) is 6.61 Å². The van der Waals surface area contributed by atoms with E-state index < -0.39 is 0 Å². The van der Waals surface area contributed by atoms with Crippen LogP contribution in [0.2, 0.25) is 0 Å². The Balaban J connectivity index is 1.88. The molecule has 0 saturated heterocycles. The van der Waals surface area contributed by atoms with Crippen LogP contribution in [0, 0.1) is 0 Å². The van der Waals surface area contributed by atoms with E-state index in [2.05, 4.69) is 73.4 Å². The lowest BCUT2D eigenvalue weighted by molar-refractivity contribution is 0.279. The van der Waals surface area contributed by atoms with Crippen LogP contribution in [0.3, 0.4) is 0 Å². The Morgan fingerprint density at radius 1 is 0.857 bits per heavy atom. The second kappa shape index (κ2) is 4.32. The van der Waals surface area contributed by atoms with E-state index in [1.807, 2.05) is 0 Å². The van der Waals surface area contributed by atoms with E-state index in [-0.39, 0.29) is 5.54 Å². The van der Waals surface area contributed by atoms with Gasteiger partial charge in [0, 0.05) is 5.56 Å². The van der Waals surface area contributed by atoms with Crippen LogP contribution >= 0.6 is 0 Å². The molecule has 0 aliphatic carbocycles. The Morgan fingerprint density at radius 2 is 1.52 bits per heavy atom. The maximum Gasteiger partial charge on any atom is 0.216 e. The Morgan fingerprint density at radius 3 is 2.19 bits per heavy atom. The molecule has 1 heterocycles. The van der Waals surface area contributed by atoms with Crippen molar-refractivity contribution in [1.82, 2.24) is 0 Å². The number of rotatable bonds is 1. The van der Waals surface area contributed by atoms with Gasteiger partial charge in [-0.3, -0.25) is 0 Å². The number of fused-ring (bicyclic) bond motifs is 2. The molecular weight excluding hydrogens is 258 g/mol. The van der Waals surface area contributed by atoms with Gasteiger partial charge in [-0.25, -0.2) is 4.99 Å². The third-order valence-corrected chi connectivity index (χ3v) is 3.92. The van der Waals surface area contributed by atoms with Crippen molar-refractivity contribution in [1.29, 1.82) is 0 Å². The number of nitrogens with zero attached hydrogens (tertiary/aromatic N) is 1. The van der Waals surface area contributed by atoms with Crippen molar-refractivity contribution in [3.05, 3.63) is 60.2 Å². The molecule has 0 amide bonds. The van der Waals surface area contributed by atoms with Gasteiger partial charge in [-0.2, -0.15) is 0 Å². The minimum atomic E-state index is -0.117. The van der Waals surface area contributed by atoms with Crippen molar-refractivity contribution in [2.45, 2.75) is 19.4 Å².